The van der Waals surface area contributed by atoms with Gasteiger partial charge in [-0.25, -0.2) is 0 Å². The number of rotatable bonds is 6. The van der Waals surface area contributed by atoms with Crippen molar-refractivity contribution in [1.29, 1.82) is 0 Å². The fourth-order valence-corrected chi connectivity index (χ4v) is 2.49. The molecule has 0 bridgehead atoms. The molecule has 0 spiro atoms. The van der Waals surface area contributed by atoms with Crippen LogP contribution >= 0.6 is 11.3 Å². The maximum absolute atomic E-state index is 11.9. The Balaban J connectivity index is 1.96. The molecule has 2 rings (SSSR count). The summed E-state index contributed by atoms with van der Waals surface area (Å²) in [7, 11) is 0. The number of nitrogens with zero attached hydrogens (tertiary/aromatic N) is 1. The normalized spacial score (nSPS) is 10.2. The third-order valence-electron chi connectivity index (χ3n) is 3.02. The molecule has 114 valence electrons. The average molecular weight is 319 g/mol. The summed E-state index contributed by atoms with van der Waals surface area (Å²) in [5.74, 6) is -0.977. The number of nitro benzene ring substituents is 1. The first-order chi connectivity index (χ1) is 10.5. The predicted octanol–water partition coefficient (Wildman–Crippen LogP) is 2.93. The van der Waals surface area contributed by atoms with Crippen LogP contribution in [-0.4, -0.2) is 23.3 Å². The number of carbonyl (C=O) groups is 2. The van der Waals surface area contributed by atoms with Gasteiger partial charge in [0.25, 0.3) is 5.69 Å². The summed E-state index contributed by atoms with van der Waals surface area (Å²) in [5.41, 5.74) is 1.32. The van der Waals surface area contributed by atoms with Crippen LogP contribution in [0.1, 0.15) is 21.5 Å². The molecular formula is C15H13NO5S. The second kappa shape index (κ2) is 6.95. The second-order valence-corrected chi connectivity index (χ2v) is 5.43. The van der Waals surface area contributed by atoms with E-state index in [0.29, 0.717) is 5.56 Å². The zero-order valence-electron chi connectivity index (χ0n) is 11.8. The minimum absolute atomic E-state index is 0.102. The van der Waals surface area contributed by atoms with Gasteiger partial charge in [0.15, 0.2) is 6.61 Å². The molecule has 1 aromatic carbocycles. The number of thiophene rings is 1. The lowest BCUT2D eigenvalue weighted by Gasteiger charge is -2.05. The molecule has 0 aliphatic carbocycles. The van der Waals surface area contributed by atoms with Crippen LogP contribution in [0.3, 0.4) is 0 Å². The van der Waals surface area contributed by atoms with E-state index < -0.39 is 23.3 Å². The van der Waals surface area contributed by atoms with E-state index >= 15 is 0 Å². The molecule has 0 aliphatic heterocycles. The number of carbonyl (C=O) groups excluding carboxylic acids is 2. The van der Waals surface area contributed by atoms with E-state index in [1.807, 2.05) is 10.8 Å². The van der Waals surface area contributed by atoms with E-state index in [2.05, 4.69) is 0 Å². The minimum atomic E-state index is -0.547. The Morgan fingerprint density at radius 1 is 1.32 bits per heavy atom. The van der Waals surface area contributed by atoms with Crippen LogP contribution in [0.2, 0.25) is 0 Å². The summed E-state index contributed by atoms with van der Waals surface area (Å²) in [6, 6.07) is 5.98. The third kappa shape index (κ3) is 3.98. The fourth-order valence-electron chi connectivity index (χ4n) is 1.82. The lowest BCUT2D eigenvalue weighted by molar-refractivity contribution is -0.385. The van der Waals surface area contributed by atoms with Gasteiger partial charge in [-0.15, -0.1) is 0 Å². The van der Waals surface area contributed by atoms with Crippen molar-refractivity contribution in [2.75, 3.05) is 6.61 Å². The van der Waals surface area contributed by atoms with Crippen LogP contribution in [-0.2, 0) is 16.0 Å². The molecule has 22 heavy (non-hydrogen) atoms. The Morgan fingerprint density at radius 3 is 2.73 bits per heavy atom. The molecule has 0 N–H and O–H groups in total. The van der Waals surface area contributed by atoms with Gasteiger partial charge in [0.1, 0.15) is 0 Å². The van der Waals surface area contributed by atoms with Crippen LogP contribution < -0.4 is 0 Å². The van der Waals surface area contributed by atoms with Crippen molar-refractivity contribution in [3.63, 3.8) is 0 Å². The largest absolute Gasteiger partial charge is 0.457 e. The summed E-state index contributed by atoms with van der Waals surface area (Å²) in [6.45, 7) is 1.16. The number of nitro groups is 1. The molecule has 0 aliphatic rings. The molecular weight excluding hydrogens is 306 g/mol. The van der Waals surface area contributed by atoms with Crippen molar-refractivity contribution in [3.05, 3.63) is 61.8 Å². The summed E-state index contributed by atoms with van der Waals surface area (Å²) in [5, 5.41) is 14.5. The van der Waals surface area contributed by atoms with Crippen molar-refractivity contribution in [1.82, 2.24) is 0 Å². The summed E-state index contributed by atoms with van der Waals surface area (Å²) >= 11 is 1.47. The lowest BCUT2D eigenvalue weighted by atomic mass is 10.1. The molecule has 0 saturated heterocycles. The van der Waals surface area contributed by atoms with Gasteiger partial charge in [0.2, 0.25) is 5.78 Å². The Hall–Kier alpha value is -2.54. The molecule has 0 saturated carbocycles. The minimum Gasteiger partial charge on any atom is -0.457 e. The zero-order valence-corrected chi connectivity index (χ0v) is 12.6. The Morgan fingerprint density at radius 2 is 2.09 bits per heavy atom. The van der Waals surface area contributed by atoms with Crippen molar-refractivity contribution < 1.29 is 19.2 Å². The number of benzene rings is 1. The first-order valence-electron chi connectivity index (χ1n) is 6.42. The molecule has 1 heterocycles. The van der Waals surface area contributed by atoms with Crippen LogP contribution in [0, 0.1) is 17.0 Å². The highest BCUT2D eigenvalue weighted by atomic mass is 32.1. The molecule has 0 radical (unpaired) electrons. The van der Waals surface area contributed by atoms with Gasteiger partial charge in [0.05, 0.1) is 11.3 Å². The average Bonchev–Trinajstić information content (AvgIpc) is 2.97. The van der Waals surface area contributed by atoms with Crippen molar-refractivity contribution in [3.8, 4) is 0 Å². The number of hydrogen-bond donors (Lipinski definition) is 0. The lowest BCUT2D eigenvalue weighted by Crippen LogP contribution is -2.15. The number of esters is 1. The number of hydrogen-bond acceptors (Lipinski definition) is 6. The first-order valence-corrected chi connectivity index (χ1v) is 7.36. The topological polar surface area (TPSA) is 86.5 Å². The molecule has 2 aromatic rings. The predicted molar refractivity (Wildman–Crippen MR) is 81.1 cm³/mol. The van der Waals surface area contributed by atoms with Crippen molar-refractivity contribution >= 4 is 28.8 Å². The maximum atomic E-state index is 11.9. The second-order valence-electron chi connectivity index (χ2n) is 4.65. The molecule has 7 heteroatoms. The standard InChI is InChI=1S/C15H13NO5S/c1-10-2-3-12(7-13(10)16(19)20)14(17)8-21-15(18)6-11-4-5-22-9-11/h2-5,7,9H,6,8H2,1H3. The van der Waals surface area contributed by atoms with E-state index in [1.54, 1.807) is 13.0 Å². The number of Topliss-reactive ketones (excluding diaryl/α,β-unsaturated/α-hetero) is 1. The van der Waals surface area contributed by atoms with Crippen LogP contribution in [0.4, 0.5) is 5.69 Å². The smallest absolute Gasteiger partial charge is 0.310 e. The number of aryl methyl sites for hydroxylation is 1. The van der Waals surface area contributed by atoms with Gasteiger partial charge in [-0.05, 0) is 29.3 Å². The highest BCUT2D eigenvalue weighted by molar-refractivity contribution is 7.07. The summed E-state index contributed by atoms with van der Waals surface area (Å²) in [4.78, 5) is 33.8. The van der Waals surface area contributed by atoms with Crippen LogP contribution in [0.15, 0.2) is 35.0 Å². The van der Waals surface area contributed by atoms with Gasteiger partial charge >= 0.3 is 5.97 Å². The van der Waals surface area contributed by atoms with Gasteiger partial charge in [-0.2, -0.15) is 11.3 Å². The van der Waals surface area contributed by atoms with Crippen molar-refractivity contribution in [2.24, 2.45) is 0 Å². The fraction of sp³-hybridized carbons (Fsp3) is 0.200. The Labute approximate surface area is 130 Å². The van der Waals surface area contributed by atoms with Crippen LogP contribution in [0.5, 0.6) is 0 Å². The van der Waals surface area contributed by atoms with Gasteiger partial charge in [0, 0.05) is 17.2 Å². The van der Waals surface area contributed by atoms with E-state index in [-0.39, 0.29) is 17.7 Å². The maximum Gasteiger partial charge on any atom is 0.310 e. The van der Waals surface area contributed by atoms with E-state index in [4.69, 9.17) is 4.74 Å². The van der Waals surface area contributed by atoms with E-state index in [1.165, 1.54) is 29.5 Å². The monoisotopic (exact) mass is 319 g/mol. The highest BCUT2D eigenvalue weighted by Gasteiger charge is 2.16. The molecule has 1 aromatic heterocycles. The third-order valence-corrected chi connectivity index (χ3v) is 3.75. The molecule has 0 amide bonds. The van der Waals surface area contributed by atoms with Gasteiger partial charge in [-0.3, -0.25) is 19.7 Å². The zero-order chi connectivity index (χ0) is 16.1. The molecule has 6 nitrogen and oxygen atoms in total. The van der Waals surface area contributed by atoms with Crippen LogP contribution in [0.25, 0.3) is 0 Å². The highest BCUT2D eigenvalue weighted by Crippen LogP contribution is 2.19. The number of ketones is 1. The molecule has 0 atom stereocenters. The molecule has 0 fully saturated rings. The Bertz CT molecular complexity index is 709. The summed E-state index contributed by atoms with van der Waals surface area (Å²) < 4.78 is 4.91. The van der Waals surface area contributed by atoms with E-state index in [0.717, 1.165) is 5.56 Å². The number of ether oxygens (including phenoxy) is 1. The first kappa shape index (κ1) is 15.8. The van der Waals surface area contributed by atoms with Gasteiger partial charge < -0.3 is 4.74 Å². The SMILES string of the molecule is Cc1ccc(C(=O)COC(=O)Cc2ccsc2)cc1[N+](=O)[O-]. The quantitative estimate of drug-likeness (QED) is 0.353. The van der Waals surface area contributed by atoms with Gasteiger partial charge in [-0.1, -0.05) is 12.1 Å². The molecule has 0 unspecified atom stereocenters. The van der Waals surface area contributed by atoms with E-state index in [9.17, 15) is 19.7 Å². The van der Waals surface area contributed by atoms with Crippen molar-refractivity contribution in [2.45, 2.75) is 13.3 Å². The Kier molecular flexibility index (Phi) is 5.00. The summed E-state index contributed by atoms with van der Waals surface area (Å²) in [6.07, 6.45) is 0.102.